The molecule has 1 saturated carbocycles. The van der Waals surface area contributed by atoms with Crippen molar-refractivity contribution in [3.63, 3.8) is 0 Å². The van der Waals surface area contributed by atoms with Crippen LogP contribution in [0.25, 0.3) is 0 Å². The van der Waals surface area contributed by atoms with Gasteiger partial charge in [0.05, 0.1) is 23.0 Å². The van der Waals surface area contributed by atoms with Gasteiger partial charge in [-0.3, -0.25) is 19.2 Å². The minimum atomic E-state index is -3.79. The van der Waals surface area contributed by atoms with Gasteiger partial charge in [0, 0.05) is 48.8 Å². The molecule has 1 aliphatic carbocycles. The maximum atomic E-state index is 14.0. The Hall–Kier alpha value is -7.39. The first-order valence-corrected chi connectivity index (χ1v) is 33.1. The average molecular weight is 1260 g/mol. The summed E-state index contributed by atoms with van der Waals surface area (Å²) >= 11 is 0. The molecule has 0 bridgehead atoms. The second kappa shape index (κ2) is 31.4. The summed E-state index contributed by atoms with van der Waals surface area (Å²) in [7, 11) is -3.73. The molecule has 9 rings (SSSR count). The third-order valence-corrected chi connectivity index (χ3v) is 19.3. The molecule has 0 aromatic heterocycles. The number of rotatable bonds is 35. The Morgan fingerprint density at radius 2 is 1.16 bits per heavy atom. The van der Waals surface area contributed by atoms with Gasteiger partial charge in [0.15, 0.2) is 11.5 Å². The van der Waals surface area contributed by atoms with Gasteiger partial charge < -0.3 is 44.7 Å². The van der Waals surface area contributed by atoms with Crippen molar-refractivity contribution in [1.29, 1.82) is 0 Å². The van der Waals surface area contributed by atoms with E-state index in [1.807, 2.05) is 12.1 Å². The predicted octanol–water partition coefficient (Wildman–Crippen LogP) is 14.2. The number of nitrogens with one attached hydrogen (secondary N) is 3. The highest BCUT2D eigenvalue weighted by Gasteiger charge is 2.53. The number of piperidine rings is 1. The van der Waals surface area contributed by atoms with Gasteiger partial charge in [-0.2, -0.15) is 13.1 Å². The lowest BCUT2D eigenvalue weighted by Gasteiger charge is -2.34. The third-order valence-electron chi connectivity index (χ3n) is 17.4. The lowest BCUT2D eigenvalue weighted by atomic mass is 9.90. The third kappa shape index (κ3) is 18.6. The first-order chi connectivity index (χ1) is 43.0. The van der Waals surface area contributed by atoms with Gasteiger partial charge >= 0.3 is 18.9 Å². The molecule has 0 spiro atoms. The van der Waals surface area contributed by atoms with Gasteiger partial charge in [-0.05, 0) is 134 Å². The number of hydrogen-bond acceptors (Lipinski definition) is 11. The van der Waals surface area contributed by atoms with Crippen molar-refractivity contribution < 1.29 is 73.9 Å². The Morgan fingerprint density at radius 1 is 0.618 bits per heavy atom. The van der Waals surface area contributed by atoms with E-state index in [1.165, 1.54) is 142 Å². The number of halogens is 4. The number of carboxylic acid groups (broad SMARTS) is 1. The summed E-state index contributed by atoms with van der Waals surface area (Å²) in [5.74, 6) is -1.28. The number of hydrogen-bond donors (Lipinski definition) is 4. The maximum Gasteiger partial charge on any atom is 0.586 e. The molecule has 16 nitrogen and oxygen atoms in total. The first-order valence-electron chi connectivity index (χ1n) is 31.6. The molecular formula is C68H82F4N4O12S. The smallest absolute Gasteiger partial charge is 0.494 e. The Bertz CT molecular complexity index is 3270. The van der Waals surface area contributed by atoms with Crippen LogP contribution in [0.5, 0.6) is 28.7 Å². The monoisotopic (exact) mass is 1250 g/mol. The minimum Gasteiger partial charge on any atom is -0.494 e. The number of aliphatic carboxylic acids is 1. The van der Waals surface area contributed by atoms with Crippen molar-refractivity contribution in [2.24, 2.45) is 0 Å². The molecule has 3 aliphatic heterocycles. The predicted molar refractivity (Wildman–Crippen MR) is 326 cm³/mol. The fraction of sp³-hybridized carbons (Fsp3) is 0.500. The van der Waals surface area contributed by atoms with Crippen LogP contribution < -0.4 is 39.6 Å². The Labute approximate surface area is 518 Å². The fourth-order valence-corrected chi connectivity index (χ4v) is 13.6. The number of nitrogens with zero attached hydrogens (tertiary/aromatic N) is 1. The number of amides is 3. The van der Waals surface area contributed by atoms with E-state index >= 15 is 0 Å². The van der Waals surface area contributed by atoms with E-state index in [9.17, 15) is 45.2 Å². The summed E-state index contributed by atoms with van der Waals surface area (Å²) in [5, 5.41) is 17.2. The van der Waals surface area contributed by atoms with Crippen LogP contribution in [0.15, 0.2) is 114 Å². The van der Waals surface area contributed by atoms with E-state index in [1.54, 1.807) is 36.4 Å². The summed E-state index contributed by atoms with van der Waals surface area (Å²) in [4.78, 5) is 50.1. The molecule has 3 amide bonds. The molecule has 89 heavy (non-hydrogen) atoms. The zero-order valence-corrected chi connectivity index (χ0v) is 51.1. The van der Waals surface area contributed by atoms with Gasteiger partial charge in [0.25, 0.3) is 11.8 Å². The zero-order chi connectivity index (χ0) is 62.8. The Morgan fingerprint density at radius 3 is 1.74 bits per heavy atom. The number of carboxylic acids is 1. The Kier molecular flexibility index (Phi) is 23.3. The lowest BCUT2D eigenvalue weighted by molar-refractivity contribution is -0.286. The molecule has 5 aromatic rings. The maximum absolute atomic E-state index is 14.0. The van der Waals surface area contributed by atoms with Crippen molar-refractivity contribution in [3.8, 4) is 28.7 Å². The highest BCUT2D eigenvalue weighted by molar-refractivity contribution is 7.89. The van der Waals surface area contributed by atoms with Gasteiger partial charge in [0.1, 0.15) is 29.9 Å². The summed E-state index contributed by atoms with van der Waals surface area (Å²) < 4.78 is 108. The molecule has 21 heteroatoms. The molecule has 5 aromatic carbocycles. The van der Waals surface area contributed by atoms with Crippen LogP contribution in [0.3, 0.4) is 0 Å². The molecule has 0 radical (unpaired) electrons. The van der Waals surface area contributed by atoms with Crippen LogP contribution in [0, 0.1) is 0 Å². The quantitative estimate of drug-likeness (QED) is 0.0221. The molecule has 2 fully saturated rings. The van der Waals surface area contributed by atoms with Gasteiger partial charge in [-0.1, -0.05) is 133 Å². The molecule has 480 valence electrons. The van der Waals surface area contributed by atoms with Crippen LogP contribution in [-0.4, -0.2) is 87.2 Å². The van der Waals surface area contributed by atoms with Crippen LogP contribution in [0.2, 0.25) is 0 Å². The molecule has 4 aliphatic rings. The van der Waals surface area contributed by atoms with Gasteiger partial charge in [0.2, 0.25) is 15.9 Å². The molecule has 0 unspecified atom stereocenters. The van der Waals surface area contributed by atoms with Crippen molar-refractivity contribution in [1.82, 2.24) is 20.3 Å². The number of carbonyl (C=O) groups is 4. The van der Waals surface area contributed by atoms with E-state index in [0.717, 1.165) is 37.9 Å². The van der Waals surface area contributed by atoms with Crippen molar-refractivity contribution in [2.75, 3.05) is 32.8 Å². The van der Waals surface area contributed by atoms with Crippen LogP contribution in [-0.2, 0) is 25.0 Å². The van der Waals surface area contributed by atoms with E-state index in [2.05, 4.69) is 42.3 Å². The Balaban J connectivity index is 0.558. The van der Waals surface area contributed by atoms with Crippen LogP contribution in [0.1, 0.15) is 209 Å². The van der Waals surface area contributed by atoms with E-state index in [-0.39, 0.29) is 57.6 Å². The molecular weight excluding hydrogens is 1170 g/mol. The van der Waals surface area contributed by atoms with E-state index in [4.69, 9.17) is 14.6 Å². The van der Waals surface area contributed by atoms with Crippen molar-refractivity contribution >= 4 is 33.7 Å². The van der Waals surface area contributed by atoms with E-state index < -0.39 is 58.9 Å². The number of alkyl halides is 4. The molecule has 2 atom stereocenters. The number of benzene rings is 5. The topological polar surface area (TPSA) is 208 Å². The van der Waals surface area contributed by atoms with E-state index in [0.29, 0.717) is 74.2 Å². The standard InChI is InChI=1S/C68H82F4N4O12S/c69-66(70)85-54-30-33-56-57(75-65(81)67(37-38-67)52-27-34-58-61(43-52)88-68(71,72)87-58)45-59(86-60(56)44-54)49-19-21-50(22-20-49)63(79)73-39-17-15-13-11-9-7-5-3-1-2-4-6-8-10-12-14-16-18-42-84-53-28-23-47(24-29-53)48-35-40-76(41-36-48)89(82,83)55-31-25-51(26-32-55)64(80)74-46-62(77)78/h19-34,43-44,48,57,59,66H,1-18,35-42,45-46H2,(H,73,79)(H,74,80)(H,75,81)(H,77,78)/t57-,59-/m1/s1. The van der Waals surface area contributed by atoms with Gasteiger partial charge in [-0.25, -0.2) is 8.42 Å². The zero-order valence-electron chi connectivity index (χ0n) is 50.3. The van der Waals surface area contributed by atoms with Crippen molar-refractivity contribution in [3.05, 3.63) is 143 Å². The summed E-state index contributed by atoms with van der Waals surface area (Å²) in [6.07, 6.45) is 20.0. The number of unbranched alkanes of at least 4 members (excludes halogenated alkanes) is 17. The number of ether oxygens (including phenoxy) is 5. The summed E-state index contributed by atoms with van der Waals surface area (Å²) in [6, 6.07) is 28.8. The molecule has 3 heterocycles. The molecule has 1 saturated heterocycles. The highest BCUT2D eigenvalue weighted by atomic mass is 32.2. The SMILES string of the molecule is O=C(O)CNC(=O)c1ccc(S(=O)(=O)N2CCC(c3ccc(OCCCCCCCCCCCCCCCCCCCCNC(=O)c4ccc([C@H]5C[C@@H](NC(=O)C6(c7ccc8c(c7)OC(F)(F)O8)CC6)c6ccc(OC(F)F)cc6O5)cc4)cc3)CC2)cc1. The largest absolute Gasteiger partial charge is 0.586 e. The summed E-state index contributed by atoms with van der Waals surface area (Å²) in [6.45, 7) is -1.54. The second-order valence-electron chi connectivity index (χ2n) is 23.8. The first kappa shape index (κ1) is 66.0. The second-order valence-corrected chi connectivity index (χ2v) is 25.7. The number of carbonyl (C=O) groups excluding carboxylic acids is 3. The average Bonchev–Trinajstić information content (AvgIpc) is 1.64. The van der Waals surface area contributed by atoms with Crippen LogP contribution in [0.4, 0.5) is 17.6 Å². The minimum absolute atomic E-state index is 0.0978. The van der Waals surface area contributed by atoms with Gasteiger partial charge in [-0.15, -0.1) is 8.78 Å². The lowest BCUT2D eigenvalue weighted by Crippen LogP contribution is -2.39. The normalized spacial score (nSPS) is 17.5. The highest BCUT2D eigenvalue weighted by Crippen LogP contribution is 2.53. The van der Waals surface area contributed by atoms with Crippen molar-refractivity contribution in [2.45, 2.75) is 189 Å². The number of fused-ring (bicyclic) bond motifs is 2. The molecule has 4 N–H and O–H groups in total. The van der Waals surface area contributed by atoms with Crippen LogP contribution >= 0.6 is 0 Å². The number of sulfonamides is 1. The fourth-order valence-electron chi connectivity index (χ4n) is 12.1. The summed E-state index contributed by atoms with van der Waals surface area (Å²) in [5.41, 5.74) is 2.66.